The summed E-state index contributed by atoms with van der Waals surface area (Å²) in [4.78, 5) is 40.0. The number of hydrogen-bond donors (Lipinski definition) is 2. The van der Waals surface area contributed by atoms with E-state index in [1.807, 2.05) is 17.0 Å². The Morgan fingerprint density at radius 3 is 2.44 bits per heavy atom. The van der Waals surface area contributed by atoms with Crippen LogP contribution in [0.15, 0.2) is 66.7 Å². The number of benzene rings is 3. The topological polar surface area (TPSA) is 109 Å². The van der Waals surface area contributed by atoms with Gasteiger partial charge in [0.05, 0.1) is 25.8 Å². The van der Waals surface area contributed by atoms with Crippen LogP contribution in [0.3, 0.4) is 0 Å². The SMILES string of the molecule is CON(OC1C(CO)N(C(=O)C(N)Cc2ccc(F)cc2)CCN1CCc1ccc2ccccc2c1)C(C)=O. The number of nitrogens with zero attached hydrogens (tertiary/aromatic N) is 3. The fraction of sp³-hybridized carbons (Fsp3) is 0.379. The number of fused-ring (bicyclic) bond motifs is 1. The first kappa shape index (κ1) is 28.6. The molecule has 208 valence electrons. The second kappa shape index (κ2) is 13.1. The van der Waals surface area contributed by atoms with Crippen LogP contribution in [0.25, 0.3) is 10.8 Å². The fourth-order valence-corrected chi connectivity index (χ4v) is 4.95. The molecule has 3 N–H and O–H groups in total. The number of aliphatic hydroxyl groups is 1. The lowest BCUT2D eigenvalue weighted by molar-refractivity contribution is -0.376. The molecule has 0 spiro atoms. The number of hydroxylamine groups is 2. The standard InChI is InChI=1S/C29H35FN4O5/c1-20(36)34(38-2)39-29-27(19-35)33(28(37)26(31)18-21-8-11-25(30)12-9-21)16-15-32(29)14-13-22-7-10-23-5-3-4-6-24(23)17-22/h3-12,17,26-27,29,35H,13-16,18-19,31H2,1-2H3. The molecule has 39 heavy (non-hydrogen) atoms. The first-order chi connectivity index (χ1) is 18.8. The van der Waals surface area contributed by atoms with Gasteiger partial charge in [-0.2, -0.15) is 0 Å². The van der Waals surface area contributed by atoms with Crippen molar-refractivity contribution in [2.24, 2.45) is 5.73 Å². The molecular formula is C29H35FN4O5. The van der Waals surface area contributed by atoms with Crippen LogP contribution in [0.4, 0.5) is 4.39 Å². The van der Waals surface area contributed by atoms with Crippen LogP contribution >= 0.6 is 0 Å². The number of nitrogens with two attached hydrogens (primary N) is 1. The molecule has 1 fully saturated rings. The number of rotatable bonds is 10. The first-order valence-electron chi connectivity index (χ1n) is 13.0. The van der Waals surface area contributed by atoms with E-state index in [-0.39, 0.29) is 18.1 Å². The Balaban J connectivity index is 1.51. The highest BCUT2D eigenvalue weighted by atomic mass is 19.1. The van der Waals surface area contributed by atoms with Gasteiger partial charge < -0.3 is 15.7 Å². The van der Waals surface area contributed by atoms with Gasteiger partial charge in [0.1, 0.15) is 5.82 Å². The number of carbonyl (C=O) groups excluding carboxylic acids is 2. The molecule has 1 heterocycles. The molecule has 0 bridgehead atoms. The Bertz CT molecular complexity index is 1270. The van der Waals surface area contributed by atoms with Gasteiger partial charge in [-0.3, -0.25) is 14.5 Å². The van der Waals surface area contributed by atoms with Gasteiger partial charge in [-0.05, 0) is 46.9 Å². The van der Waals surface area contributed by atoms with Gasteiger partial charge in [0.2, 0.25) is 5.91 Å². The van der Waals surface area contributed by atoms with Crippen LogP contribution < -0.4 is 5.73 Å². The zero-order valence-corrected chi connectivity index (χ0v) is 22.2. The first-order valence-corrected chi connectivity index (χ1v) is 13.0. The summed E-state index contributed by atoms with van der Waals surface area (Å²) in [5, 5.41) is 13.5. The van der Waals surface area contributed by atoms with Crippen molar-refractivity contribution < 1.29 is 28.8 Å². The molecule has 0 aromatic heterocycles. The maximum atomic E-state index is 13.4. The Hall–Kier alpha value is -3.41. The van der Waals surface area contributed by atoms with Gasteiger partial charge in [-0.15, -0.1) is 0 Å². The maximum Gasteiger partial charge on any atom is 0.270 e. The van der Waals surface area contributed by atoms with Crippen molar-refractivity contribution in [3.05, 3.63) is 83.7 Å². The fourth-order valence-electron chi connectivity index (χ4n) is 4.95. The summed E-state index contributed by atoms with van der Waals surface area (Å²) < 4.78 is 13.3. The van der Waals surface area contributed by atoms with Gasteiger partial charge in [0, 0.05) is 26.6 Å². The predicted molar refractivity (Wildman–Crippen MR) is 144 cm³/mol. The molecule has 1 aliphatic heterocycles. The molecule has 9 nitrogen and oxygen atoms in total. The smallest absolute Gasteiger partial charge is 0.270 e. The second-order valence-corrected chi connectivity index (χ2v) is 9.64. The highest BCUT2D eigenvalue weighted by Crippen LogP contribution is 2.23. The van der Waals surface area contributed by atoms with Gasteiger partial charge >= 0.3 is 0 Å². The molecule has 10 heteroatoms. The van der Waals surface area contributed by atoms with E-state index in [1.54, 1.807) is 12.1 Å². The van der Waals surface area contributed by atoms with Crippen molar-refractivity contribution in [2.45, 2.75) is 38.1 Å². The van der Waals surface area contributed by atoms with Crippen molar-refractivity contribution >= 4 is 22.6 Å². The minimum Gasteiger partial charge on any atom is -0.394 e. The molecule has 1 saturated heterocycles. The molecule has 0 aliphatic carbocycles. The minimum atomic E-state index is -0.902. The number of amides is 2. The number of carbonyl (C=O) groups is 2. The zero-order chi connectivity index (χ0) is 27.9. The Morgan fingerprint density at radius 1 is 1.08 bits per heavy atom. The summed E-state index contributed by atoms with van der Waals surface area (Å²) in [5.74, 6) is -1.22. The van der Waals surface area contributed by atoms with Crippen LogP contribution in [-0.4, -0.2) is 83.6 Å². The molecule has 2 amide bonds. The van der Waals surface area contributed by atoms with E-state index in [4.69, 9.17) is 15.4 Å². The largest absolute Gasteiger partial charge is 0.394 e. The predicted octanol–water partition coefficient (Wildman–Crippen LogP) is 2.26. The Kier molecular flexibility index (Phi) is 9.60. The molecule has 3 unspecified atom stereocenters. The van der Waals surface area contributed by atoms with Crippen molar-refractivity contribution in [3.63, 3.8) is 0 Å². The molecule has 0 saturated carbocycles. The molecule has 3 aromatic rings. The van der Waals surface area contributed by atoms with Crippen LogP contribution in [-0.2, 0) is 32.1 Å². The normalized spacial score (nSPS) is 18.7. The summed E-state index contributed by atoms with van der Waals surface area (Å²) in [6.07, 6.45) is 0.0336. The summed E-state index contributed by atoms with van der Waals surface area (Å²) in [5.41, 5.74) is 8.11. The monoisotopic (exact) mass is 538 g/mol. The zero-order valence-electron chi connectivity index (χ0n) is 22.2. The molecule has 0 radical (unpaired) electrons. The van der Waals surface area contributed by atoms with Crippen molar-refractivity contribution in [1.82, 2.24) is 15.0 Å². The molecule has 3 atom stereocenters. The highest BCUT2D eigenvalue weighted by molar-refractivity contribution is 5.83. The molecule has 4 rings (SSSR count). The lowest BCUT2D eigenvalue weighted by Gasteiger charge is -2.47. The number of piperazine rings is 1. The van der Waals surface area contributed by atoms with E-state index in [9.17, 15) is 19.1 Å². The average Bonchev–Trinajstić information content (AvgIpc) is 2.95. The second-order valence-electron chi connectivity index (χ2n) is 9.64. The maximum absolute atomic E-state index is 13.4. The summed E-state index contributed by atoms with van der Waals surface area (Å²) in [6.45, 7) is 2.17. The minimum absolute atomic E-state index is 0.211. The third kappa shape index (κ3) is 6.97. The summed E-state index contributed by atoms with van der Waals surface area (Å²) in [7, 11) is 1.30. The number of aliphatic hydroxyl groups excluding tert-OH is 1. The van der Waals surface area contributed by atoms with E-state index < -0.39 is 30.8 Å². The van der Waals surface area contributed by atoms with Crippen molar-refractivity contribution in [3.8, 4) is 0 Å². The third-order valence-electron chi connectivity index (χ3n) is 7.00. The van der Waals surface area contributed by atoms with E-state index in [0.717, 1.165) is 27.1 Å². The van der Waals surface area contributed by atoms with Crippen LogP contribution in [0.2, 0.25) is 0 Å². The van der Waals surface area contributed by atoms with E-state index in [2.05, 4.69) is 30.3 Å². The molecular weight excluding hydrogens is 503 g/mol. The van der Waals surface area contributed by atoms with Gasteiger partial charge in [0.15, 0.2) is 6.23 Å². The van der Waals surface area contributed by atoms with Crippen LogP contribution in [0.5, 0.6) is 0 Å². The third-order valence-corrected chi connectivity index (χ3v) is 7.00. The summed E-state index contributed by atoms with van der Waals surface area (Å²) >= 11 is 0. The Morgan fingerprint density at radius 2 is 1.77 bits per heavy atom. The molecule has 1 aliphatic rings. The highest BCUT2D eigenvalue weighted by Gasteiger charge is 2.42. The number of halogens is 1. The van der Waals surface area contributed by atoms with E-state index in [0.29, 0.717) is 26.1 Å². The lowest BCUT2D eigenvalue weighted by Crippen LogP contribution is -2.66. The van der Waals surface area contributed by atoms with Crippen molar-refractivity contribution in [2.75, 3.05) is 33.4 Å². The number of hydrogen-bond acceptors (Lipinski definition) is 7. The van der Waals surface area contributed by atoms with E-state index in [1.165, 1.54) is 31.1 Å². The van der Waals surface area contributed by atoms with Gasteiger partial charge in [-0.25, -0.2) is 14.1 Å². The van der Waals surface area contributed by atoms with E-state index >= 15 is 0 Å². The Labute approximate surface area is 227 Å². The van der Waals surface area contributed by atoms with Crippen molar-refractivity contribution in [1.29, 1.82) is 0 Å². The average molecular weight is 539 g/mol. The lowest BCUT2D eigenvalue weighted by atomic mass is 10.0. The quantitative estimate of drug-likeness (QED) is 0.381. The van der Waals surface area contributed by atoms with Gasteiger partial charge in [-0.1, -0.05) is 59.8 Å². The summed E-state index contributed by atoms with van der Waals surface area (Å²) in [6, 6.07) is 18.5. The molecule has 3 aromatic carbocycles. The van der Waals surface area contributed by atoms with Gasteiger partial charge in [0.25, 0.3) is 5.91 Å². The van der Waals surface area contributed by atoms with Crippen LogP contribution in [0, 0.1) is 5.82 Å². The van der Waals surface area contributed by atoms with Crippen LogP contribution in [0.1, 0.15) is 18.1 Å².